The summed E-state index contributed by atoms with van der Waals surface area (Å²) in [5.41, 5.74) is 1.96. The fourth-order valence-electron chi connectivity index (χ4n) is 4.62. The molecular formula is C24H30N6O3. The molecule has 5 heterocycles. The summed E-state index contributed by atoms with van der Waals surface area (Å²) < 4.78 is 21.5. The van der Waals surface area contributed by atoms with Gasteiger partial charge in [0.25, 0.3) is 0 Å². The number of anilines is 2. The molecular weight excluding hydrogens is 420 g/mol. The van der Waals surface area contributed by atoms with Gasteiger partial charge in [-0.05, 0) is 44.6 Å². The van der Waals surface area contributed by atoms with E-state index in [-0.39, 0.29) is 0 Å². The molecule has 3 aromatic heterocycles. The molecule has 2 saturated heterocycles. The lowest BCUT2D eigenvalue weighted by atomic mass is 9.96. The number of nitrogens with one attached hydrogen (secondary N) is 1. The van der Waals surface area contributed by atoms with Crippen molar-refractivity contribution in [2.75, 3.05) is 31.7 Å². The van der Waals surface area contributed by atoms with Crippen molar-refractivity contribution in [2.24, 2.45) is 0 Å². The van der Waals surface area contributed by atoms with Gasteiger partial charge in [-0.3, -0.25) is 9.36 Å². The molecule has 0 bridgehead atoms. The quantitative estimate of drug-likeness (QED) is 0.563. The fraction of sp³-hybridized carbons (Fsp3) is 0.542. The van der Waals surface area contributed by atoms with Gasteiger partial charge in [-0.25, -0.2) is 4.98 Å². The molecule has 6 rings (SSSR count). The van der Waals surface area contributed by atoms with Crippen LogP contribution in [-0.4, -0.2) is 51.0 Å². The van der Waals surface area contributed by atoms with E-state index in [0.29, 0.717) is 18.0 Å². The van der Waals surface area contributed by atoms with Crippen molar-refractivity contribution >= 4 is 11.5 Å². The van der Waals surface area contributed by atoms with E-state index in [1.54, 1.807) is 6.20 Å². The summed E-state index contributed by atoms with van der Waals surface area (Å²) in [6.07, 6.45) is 14.0. The van der Waals surface area contributed by atoms with Crippen LogP contribution in [0.2, 0.25) is 0 Å². The van der Waals surface area contributed by atoms with Gasteiger partial charge in [-0.1, -0.05) is 0 Å². The summed E-state index contributed by atoms with van der Waals surface area (Å²) in [5, 5.41) is 12.8. The first kappa shape index (κ1) is 20.7. The minimum absolute atomic E-state index is 0.379. The molecule has 0 radical (unpaired) electrons. The van der Waals surface area contributed by atoms with Gasteiger partial charge in [-0.15, -0.1) is 0 Å². The van der Waals surface area contributed by atoms with Gasteiger partial charge < -0.3 is 19.5 Å². The third kappa shape index (κ3) is 4.74. The molecule has 9 heteroatoms. The zero-order valence-electron chi connectivity index (χ0n) is 18.7. The van der Waals surface area contributed by atoms with E-state index in [1.807, 2.05) is 29.2 Å². The second-order valence-corrected chi connectivity index (χ2v) is 9.13. The van der Waals surface area contributed by atoms with Gasteiger partial charge >= 0.3 is 0 Å². The maximum atomic E-state index is 6.36. The van der Waals surface area contributed by atoms with Gasteiger partial charge in [0, 0.05) is 50.8 Å². The number of aromatic nitrogens is 5. The van der Waals surface area contributed by atoms with Crippen molar-refractivity contribution in [1.82, 2.24) is 24.5 Å². The highest BCUT2D eigenvalue weighted by molar-refractivity contribution is 5.55. The Bertz CT molecular complexity index is 1080. The lowest BCUT2D eigenvalue weighted by Crippen LogP contribution is -2.19. The largest absolute Gasteiger partial charge is 0.454 e. The standard InChI is InChI=1S/C24H30N6O3/c1-2-19(1)30-16-22(24(28-30)17-4-9-31-10-5-17)33-21-3-8-25-23(13-21)27-18-14-26-29(15-18)20-6-11-32-12-7-20/h3,8,13-17,19-20H,1-2,4-7,9-12H2,(H,25,27). The molecule has 0 unspecified atom stereocenters. The van der Waals surface area contributed by atoms with E-state index >= 15 is 0 Å². The molecule has 3 aromatic rings. The second kappa shape index (κ2) is 9.15. The molecule has 0 aromatic carbocycles. The van der Waals surface area contributed by atoms with Crippen LogP contribution in [0.1, 0.15) is 62.2 Å². The predicted octanol–water partition coefficient (Wildman–Crippen LogP) is 4.59. The molecule has 0 atom stereocenters. The Morgan fingerprint density at radius 1 is 0.909 bits per heavy atom. The maximum Gasteiger partial charge on any atom is 0.168 e. The van der Waals surface area contributed by atoms with Crippen LogP contribution < -0.4 is 10.1 Å². The van der Waals surface area contributed by atoms with E-state index in [4.69, 9.17) is 19.3 Å². The Morgan fingerprint density at radius 2 is 1.67 bits per heavy atom. The monoisotopic (exact) mass is 450 g/mol. The van der Waals surface area contributed by atoms with Crippen LogP contribution in [0.25, 0.3) is 0 Å². The Balaban J connectivity index is 1.18. The summed E-state index contributed by atoms with van der Waals surface area (Å²) in [7, 11) is 0. The van der Waals surface area contributed by atoms with Gasteiger partial charge in [0.15, 0.2) is 5.75 Å². The van der Waals surface area contributed by atoms with E-state index in [1.165, 1.54) is 12.8 Å². The van der Waals surface area contributed by atoms with Crippen molar-refractivity contribution in [1.29, 1.82) is 0 Å². The van der Waals surface area contributed by atoms with Gasteiger partial charge in [0.1, 0.15) is 17.3 Å². The van der Waals surface area contributed by atoms with Gasteiger partial charge in [0.05, 0.1) is 30.2 Å². The molecule has 1 N–H and O–H groups in total. The average Bonchev–Trinajstić information content (AvgIpc) is 3.47. The molecule has 0 amide bonds. The summed E-state index contributed by atoms with van der Waals surface area (Å²) in [6, 6.07) is 4.72. The summed E-state index contributed by atoms with van der Waals surface area (Å²) >= 11 is 0. The molecule has 3 aliphatic rings. The molecule has 33 heavy (non-hydrogen) atoms. The minimum atomic E-state index is 0.379. The van der Waals surface area contributed by atoms with Crippen LogP contribution in [-0.2, 0) is 9.47 Å². The third-order valence-electron chi connectivity index (χ3n) is 6.65. The predicted molar refractivity (Wildman–Crippen MR) is 122 cm³/mol. The normalized spacial score (nSPS) is 20.1. The number of pyridine rings is 1. The van der Waals surface area contributed by atoms with Crippen LogP contribution in [0, 0.1) is 0 Å². The number of ether oxygens (including phenoxy) is 3. The van der Waals surface area contributed by atoms with Crippen molar-refractivity contribution < 1.29 is 14.2 Å². The van der Waals surface area contributed by atoms with Crippen molar-refractivity contribution in [3.63, 3.8) is 0 Å². The Kier molecular flexibility index (Phi) is 5.73. The highest BCUT2D eigenvalue weighted by Gasteiger charge is 2.29. The molecule has 9 nitrogen and oxygen atoms in total. The second-order valence-electron chi connectivity index (χ2n) is 9.13. The van der Waals surface area contributed by atoms with Gasteiger partial charge in [0.2, 0.25) is 0 Å². The molecule has 1 saturated carbocycles. The van der Waals surface area contributed by atoms with Crippen LogP contribution in [0.15, 0.2) is 36.9 Å². The summed E-state index contributed by atoms with van der Waals surface area (Å²) in [4.78, 5) is 4.47. The Morgan fingerprint density at radius 3 is 2.45 bits per heavy atom. The van der Waals surface area contributed by atoms with Crippen LogP contribution >= 0.6 is 0 Å². The van der Waals surface area contributed by atoms with E-state index < -0.39 is 0 Å². The zero-order chi connectivity index (χ0) is 22.0. The Hall–Kier alpha value is -2.91. The van der Waals surface area contributed by atoms with E-state index in [0.717, 1.165) is 80.8 Å². The fourth-order valence-corrected chi connectivity index (χ4v) is 4.62. The lowest BCUT2D eigenvalue weighted by Gasteiger charge is -2.22. The number of hydrogen-bond donors (Lipinski definition) is 1. The first-order valence-electron chi connectivity index (χ1n) is 12.0. The van der Waals surface area contributed by atoms with Crippen LogP contribution in [0.5, 0.6) is 11.5 Å². The Labute approximate surface area is 193 Å². The third-order valence-corrected chi connectivity index (χ3v) is 6.65. The SMILES string of the molecule is c1cc(Oc2cn(C3CC3)nc2C2CCOCC2)cc(Nc2cnn(C3CCOCC3)c2)n1. The topological polar surface area (TPSA) is 88.2 Å². The lowest BCUT2D eigenvalue weighted by molar-refractivity contribution is 0.0662. The van der Waals surface area contributed by atoms with Crippen LogP contribution in [0.4, 0.5) is 11.5 Å². The van der Waals surface area contributed by atoms with Crippen molar-refractivity contribution in [2.45, 2.75) is 56.5 Å². The molecule has 174 valence electrons. The van der Waals surface area contributed by atoms with E-state index in [2.05, 4.69) is 26.3 Å². The summed E-state index contributed by atoms with van der Waals surface area (Å²) in [6.45, 7) is 3.15. The van der Waals surface area contributed by atoms with E-state index in [9.17, 15) is 0 Å². The first-order valence-corrected chi connectivity index (χ1v) is 12.0. The van der Waals surface area contributed by atoms with Gasteiger partial charge in [-0.2, -0.15) is 10.2 Å². The van der Waals surface area contributed by atoms with Crippen molar-refractivity contribution in [3.05, 3.63) is 42.6 Å². The van der Waals surface area contributed by atoms with Crippen LogP contribution in [0.3, 0.4) is 0 Å². The number of hydrogen-bond acceptors (Lipinski definition) is 7. The number of rotatable bonds is 7. The number of nitrogens with zero attached hydrogens (tertiary/aromatic N) is 5. The van der Waals surface area contributed by atoms with Crippen molar-refractivity contribution in [3.8, 4) is 11.5 Å². The highest BCUT2D eigenvalue weighted by atomic mass is 16.5. The summed E-state index contributed by atoms with van der Waals surface area (Å²) in [5.74, 6) is 2.69. The maximum absolute atomic E-state index is 6.36. The average molecular weight is 451 g/mol. The first-order chi connectivity index (χ1) is 16.3. The smallest absolute Gasteiger partial charge is 0.168 e. The minimum Gasteiger partial charge on any atom is -0.454 e. The highest BCUT2D eigenvalue weighted by Crippen LogP contribution is 2.40. The zero-order valence-corrected chi connectivity index (χ0v) is 18.7. The molecule has 0 spiro atoms. The molecule has 1 aliphatic carbocycles. The molecule has 3 fully saturated rings. The molecule has 2 aliphatic heterocycles.